The van der Waals surface area contributed by atoms with E-state index in [-0.39, 0.29) is 9.49 Å². The van der Waals surface area contributed by atoms with Crippen LogP contribution in [-0.4, -0.2) is 16.1 Å². The van der Waals surface area contributed by atoms with Crippen LogP contribution in [0.3, 0.4) is 0 Å². The minimum atomic E-state index is -1.80. The molecule has 0 radical (unpaired) electrons. The normalized spacial score (nSPS) is 14.3. The summed E-state index contributed by atoms with van der Waals surface area (Å²) in [4.78, 5) is 0. The van der Waals surface area contributed by atoms with Gasteiger partial charge in [-0.2, -0.15) is 0 Å². The number of hydrogen-bond acceptors (Lipinski definition) is 4. The molecule has 0 atom stereocenters. The average molecular weight is 286 g/mol. The fourth-order valence-electron chi connectivity index (χ4n) is 0.900. The minimum Gasteiger partial charge on any atom is -0.334 e. The van der Waals surface area contributed by atoms with E-state index in [1.165, 1.54) is 0 Å². The lowest BCUT2D eigenvalue weighted by atomic mass is 10.3. The van der Waals surface area contributed by atoms with Crippen LogP contribution in [0.1, 0.15) is 48.5 Å². The Kier molecular flexibility index (Phi) is 6.27. The third-order valence-corrected chi connectivity index (χ3v) is 11.4. The largest absolute Gasteiger partial charge is 0.334 e. The Hall–Kier alpha value is 1.31. The molecule has 0 aliphatic rings. The highest BCUT2D eigenvalue weighted by atomic mass is 33.2. The molecule has 5 heteroatoms. The van der Waals surface area contributed by atoms with Crippen molar-refractivity contribution < 1.29 is 4.52 Å². The van der Waals surface area contributed by atoms with Crippen molar-refractivity contribution in [3.05, 3.63) is 0 Å². The van der Waals surface area contributed by atoms with Gasteiger partial charge in [-0.05, 0) is 18.7 Å². The van der Waals surface area contributed by atoms with Crippen LogP contribution in [0.15, 0.2) is 0 Å². The van der Waals surface area contributed by atoms with Crippen molar-refractivity contribution >= 4 is 39.2 Å². The zero-order valence-electron chi connectivity index (χ0n) is 10.8. The van der Waals surface area contributed by atoms with Crippen LogP contribution in [0.4, 0.5) is 0 Å². The molecule has 0 aromatic rings. The van der Waals surface area contributed by atoms with Crippen LogP contribution in [0.25, 0.3) is 0 Å². The lowest BCUT2D eigenvalue weighted by Gasteiger charge is -2.32. The first-order chi connectivity index (χ1) is 6.47. The summed E-state index contributed by atoms with van der Waals surface area (Å²) in [5, 5.41) is 0. The molecular formula is C10H23OPS3. The number of hydrogen-bond donors (Lipinski definition) is 0. The van der Waals surface area contributed by atoms with Crippen LogP contribution in [0.2, 0.25) is 0 Å². The van der Waals surface area contributed by atoms with Gasteiger partial charge in [-0.15, -0.1) is 0 Å². The summed E-state index contributed by atoms with van der Waals surface area (Å²) in [7, 11) is 0. The van der Waals surface area contributed by atoms with Gasteiger partial charge in [0.25, 0.3) is 0 Å². The molecule has 0 spiro atoms. The lowest BCUT2D eigenvalue weighted by molar-refractivity contribution is 0.393. The summed E-state index contributed by atoms with van der Waals surface area (Å²) in [6.45, 7) is 15.9. The van der Waals surface area contributed by atoms with Crippen molar-refractivity contribution in [3.8, 4) is 0 Å². The van der Waals surface area contributed by atoms with Gasteiger partial charge in [-0.3, -0.25) is 0 Å². The van der Waals surface area contributed by atoms with Crippen LogP contribution in [-0.2, 0) is 16.3 Å². The Bertz CT molecular complexity index is 220. The van der Waals surface area contributed by atoms with Crippen molar-refractivity contribution in [3.63, 3.8) is 0 Å². The van der Waals surface area contributed by atoms with Gasteiger partial charge in [-0.25, -0.2) is 0 Å². The second-order valence-electron chi connectivity index (χ2n) is 5.27. The van der Waals surface area contributed by atoms with Crippen LogP contribution in [0, 0.1) is 0 Å². The molecule has 0 saturated carbocycles. The molecule has 92 valence electrons. The van der Waals surface area contributed by atoms with Crippen molar-refractivity contribution in [1.82, 2.24) is 0 Å². The van der Waals surface area contributed by atoms with Crippen molar-refractivity contribution in [2.24, 2.45) is 0 Å². The molecule has 0 heterocycles. The molecule has 0 fully saturated rings. The maximum absolute atomic E-state index is 5.83. The molecule has 15 heavy (non-hydrogen) atoms. The standard InChI is InChI=1S/C10H23OPS3/c1-8-11-12(13,14-9(2,3)4)15-10(5,6)7/h8H2,1-7H3. The van der Waals surface area contributed by atoms with E-state index < -0.39 is 4.67 Å². The highest BCUT2D eigenvalue weighted by Crippen LogP contribution is 2.75. The molecular weight excluding hydrogens is 263 g/mol. The summed E-state index contributed by atoms with van der Waals surface area (Å²) >= 11 is 9.36. The molecule has 0 N–H and O–H groups in total. The second kappa shape index (κ2) is 5.77. The van der Waals surface area contributed by atoms with E-state index in [0.29, 0.717) is 6.61 Å². The van der Waals surface area contributed by atoms with Crippen molar-refractivity contribution in [1.29, 1.82) is 0 Å². The molecule has 0 saturated heterocycles. The first-order valence-electron chi connectivity index (χ1n) is 5.13. The lowest BCUT2D eigenvalue weighted by Crippen LogP contribution is -2.11. The summed E-state index contributed by atoms with van der Waals surface area (Å²) in [6, 6.07) is 0. The van der Waals surface area contributed by atoms with Gasteiger partial charge in [0, 0.05) is 9.49 Å². The smallest absolute Gasteiger partial charge is 0.175 e. The number of rotatable bonds is 4. The third-order valence-electron chi connectivity index (χ3n) is 1.06. The SMILES string of the molecule is CCOP(=S)(SC(C)(C)C)SC(C)(C)C. The van der Waals surface area contributed by atoms with E-state index in [0.717, 1.165) is 0 Å². The Labute approximate surface area is 108 Å². The van der Waals surface area contributed by atoms with Gasteiger partial charge in [0.15, 0.2) is 4.67 Å². The summed E-state index contributed by atoms with van der Waals surface area (Å²) < 4.78 is 4.38. The molecule has 0 aromatic heterocycles. The second-order valence-corrected chi connectivity index (χ2v) is 17.0. The zero-order valence-corrected chi connectivity index (χ0v) is 14.1. The van der Waals surface area contributed by atoms with Gasteiger partial charge >= 0.3 is 0 Å². The molecule has 0 aromatic carbocycles. The minimum absolute atomic E-state index is 0.170. The Morgan fingerprint density at radius 1 is 1.00 bits per heavy atom. The first kappa shape index (κ1) is 16.3. The summed E-state index contributed by atoms with van der Waals surface area (Å²) in [5.41, 5.74) is 0. The van der Waals surface area contributed by atoms with E-state index in [9.17, 15) is 0 Å². The molecule has 1 nitrogen and oxygen atoms in total. The Morgan fingerprint density at radius 2 is 1.33 bits per heavy atom. The first-order valence-corrected chi connectivity index (χ1v) is 10.7. The van der Waals surface area contributed by atoms with Gasteiger partial charge in [0.05, 0.1) is 6.61 Å². The maximum Gasteiger partial charge on any atom is 0.175 e. The molecule has 0 amide bonds. The van der Waals surface area contributed by atoms with E-state index in [4.69, 9.17) is 16.3 Å². The third kappa shape index (κ3) is 9.05. The summed E-state index contributed by atoms with van der Waals surface area (Å²) in [6.07, 6.45) is 0. The fraction of sp³-hybridized carbons (Fsp3) is 1.00. The van der Waals surface area contributed by atoms with Crippen molar-refractivity contribution in [2.45, 2.75) is 58.0 Å². The van der Waals surface area contributed by atoms with Crippen LogP contribution in [0.5, 0.6) is 0 Å². The predicted octanol–water partition coefficient (Wildman–Crippen LogP) is 5.31. The average Bonchev–Trinajstić information content (AvgIpc) is 1.74. The molecule has 0 rings (SSSR count). The monoisotopic (exact) mass is 286 g/mol. The predicted molar refractivity (Wildman–Crippen MR) is 80.6 cm³/mol. The van der Waals surface area contributed by atoms with Gasteiger partial charge in [-0.1, -0.05) is 64.3 Å². The maximum atomic E-state index is 5.83. The molecule has 0 aliphatic carbocycles. The van der Waals surface area contributed by atoms with Crippen molar-refractivity contribution in [2.75, 3.05) is 6.61 Å². The fourth-order valence-corrected chi connectivity index (χ4v) is 16.5. The highest BCUT2D eigenvalue weighted by molar-refractivity contribution is 8.99. The molecule has 0 aliphatic heterocycles. The van der Waals surface area contributed by atoms with E-state index >= 15 is 0 Å². The van der Waals surface area contributed by atoms with E-state index in [1.807, 2.05) is 29.7 Å². The Morgan fingerprint density at radius 3 is 1.53 bits per heavy atom. The van der Waals surface area contributed by atoms with E-state index in [1.54, 1.807) is 0 Å². The molecule has 0 unspecified atom stereocenters. The quantitative estimate of drug-likeness (QED) is 0.647. The van der Waals surface area contributed by atoms with E-state index in [2.05, 4.69) is 41.5 Å². The molecule has 0 bridgehead atoms. The van der Waals surface area contributed by atoms with Crippen LogP contribution >= 0.6 is 27.4 Å². The van der Waals surface area contributed by atoms with Gasteiger partial charge < -0.3 is 4.52 Å². The van der Waals surface area contributed by atoms with Gasteiger partial charge in [0.2, 0.25) is 0 Å². The zero-order chi connectivity index (χ0) is 12.3. The van der Waals surface area contributed by atoms with Gasteiger partial charge in [0.1, 0.15) is 0 Å². The topological polar surface area (TPSA) is 9.23 Å². The highest BCUT2D eigenvalue weighted by Gasteiger charge is 2.31. The Balaban J connectivity index is 4.68. The van der Waals surface area contributed by atoms with Crippen LogP contribution < -0.4 is 0 Å². The summed E-state index contributed by atoms with van der Waals surface area (Å²) in [5.74, 6) is 0.